The molecule has 0 aliphatic heterocycles. The Labute approximate surface area is 214 Å². The number of nitrogens with one attached hydrogen (secondary N) is 2. The van der Waals surface area contributed by atoms with Crippen molar-refractivity contribution in [2.45, 2.75) is 6.54 Å². The van der Waals surface area contributed by atoms with E-state index in [-0.39, 0.29) is 28.4 Å². The average Bonchev–Trinajstić information content (AvgIpc) is 2.79. The molecule has 2 aromatic carbocycles. The lowest BCUT2D eigenvalue weighted by molar-refractivity contribution is 0.0998. The van der Waals surface area contributed by atoms with Crippen LogP contribution in [0.1, 0.15) is 16.1 Å². The fourth-order valence-corrected chi connectivity index (χ4v) is 3.25. The van der Waals surface area contributed by atoms with E-state index in [0.29, 0.717) is 30.5 Å². The smallest absolute Gasteiger partial charge is 0.302 e. The van der Waals surface area contributed by atoms with Crippen molar-refractivity contribution < 1.29 is 9.53 Å². The van der Waals surface area contributed by atoms with Gasteiger partial charge in [-0.05, 0) is 64.6 Å². The first kappa shape index (κ1) is 24.8. The van der Waals surface area contributed by atoms with Gasteiger partial charge in [0, 0.05) is 15.1 Å². The topological polar surface area (TPSA) is 141 Å². The Morgan fingerprint density at radius 2 is 1.79 bits per heavy atom. The van der Waals surface area contributed by atoms with Crippen molar-refractivity contribution in [1.29, 1.82) is 0 Å². The molecule has 3 rings (SSSR count). The highest BCUT2D eigenvalue weighted by molar-refractivity contribution is 14.1. The molecule has 0 fully saturated rings. The highest BCUT2D eigenvalue weighted by Crippen LogP contribution is 2.22. The monoisotopic (exact) mass is 599 g/mol. The van der Waals surface area contributed by atoms with Gasteiger partial charge in [0.25, 0.3) is 0 Å². The molecule has 9 nitrogen and oxygen atoms in total. The van der Waals surface area contributed by atoms with E-state index >= 15 is 0 Å². The number of nitrogen functional groups attached to an aromatic ring is 1. The lowest BCUT2D eigenvalue weighted by Crippen LogP contribution is -2.35. The third-order valence-electron chi connectivity index (χ3n) is 4.17. The highest BCUT2D eigenvalue weighted by atomic mass is 127. The molecule has 172 valence electrons. The zero-order valence-electron chi connectivity index (χ0n) is 17.2. The molecule has 0 bridgehead atoms. The van der Waals surface area contributed by atoms with Gasteiger partial charge in [0.2, 0.25) is 0 Å². The fraction of sp³-hybridized carbons (Fsp3) is 0.143. The third-order valence-corrected chi connectivity index (χ3v) is 5.40. The summed E-state index contributed by atoms with van der Waals surface area (Å²) in [6.45, 7) is 1.07. The van der Waals surface area contributed by atoms with Crippen molar-refractivity contribution in [2.24, 2.45) is 10.7 Å². The lowest BCUT2D eigenvalue weighted by atomic mass is 10.2. The van der Waals surface area contributed by atoms with Gasteiger partial charge in [-0.3, -0.25) is 4.79 Å². The Bertz CT molecular complexity index is 1140. The number of carbonyl (C=O) groups is 1. The molecule has 0 saturated heterocycles. The number of halogens is 3. The summed E-state index contributed by atoms with van der Waals surface area (Å²) in [6.07, 6.45) is 0. The van der Waals surface area contributed by atoms with E-state index in [1.807, 2.05) is 24.3 Å². The molecule has 1 aromatic heterocycles. The Kier molecular flexibility index (Phi) is 8.92. The minimum atomic E-state index is -0.769. The number of hydrogen-bond acceptors (Lipinski definition) is 6. The van der Waals surface area contributed by atoms with Crippen molar-refractivity contribution in [2.75, 3.05) is 24.2 Å². The molecule has 33 heavy (non-hydrogen) atoms. The number of rotatable bonds is 8. The van der Waals surface area contributed by atoms with Gasteiger partial charge in [0.1, 0.15) is 12.4 Å². The summed E-state index contributed by atoms with van der Waals surface area (Å²) in [5.74, 6) is -0.0790. The fourth-order valence-electron chi connectivity index (χ4n) is 2.57. The van der Waals surface area contributed by atoms with E-state index in [1.165, 1.54) is 0 Å². The molecule has 0 saturated carbocycles. The number of benzene rings is 2. The van der Waals surface area contributed by atoms with Crippen LogP contribution in [-0.4, -0.2) is 35.0 Å². The van der Waals surface area contributed by atoms with Crippen LogP contribution < -0.4 is 26.8 Å². The quantitative estimate of drug-likeness (QED) is 0.133. The van der Waals surface area contributed by atoms with Gasteiger partial charge in [-0.1, -0.05) is 35.3 Å². The number of nitrogens with two attached hydrogens (primary N) is 2. The summed E-state index contributed by atoms with van der Waals surface area (Å²) >= 11 is 14.2. The van der Waals surface area contributed by atoms with Gasteiger partial charge in [0.15, 0.2) is 28.4 Å². The van der Waals surface area contributed by atoms with Crippen LogP contribution in [0, 0.1) is 3.57 Å². The second-order valence-corrected chi connectivity index (χ2v) is 8.65. The normalized spacial score (nSPS) is 11.2. The number of hydrogen-bond donors (Lipinski definition) is 4. The number of guanidine groups is 1. The SMILES string of the molecule is N/C(=N\C(=O)c1nc(Cl)c(NCc2ccc(I)cc2)nc1N)NCCOc1ccc(Cl)cc1. The summed E-state index contributed by atoms with van der Waals surface area (Å²) in [4.78, 5) is 24.3. The Morgan fingerprint density at radius 1 is 1.09 bits per heavy atom. The van der Waals surface area contributed by atoms with E-state index < -0.39 is 5.91 Å². The van der Waals surface area contributed by atoms with E-state index in [0.717, 1.165) is 9.13 Å². The summed E-state index contributed by atoms with van der Waals surface area (Å²) < 4.78 is 6.66. The van der Waals surface area contributed by atoms with Crippen molar-refractivity contribution in [3.05, 3.63) is 73.5 Å². The van der Waals surface area contributed by atoms with Gasteiger partial charge in [-0.25, -0.2) is 9.97 Å². The molecular weight excluding hydrogens is 580 g/mol. The first-order valence-corrected chi connectivity index (χ1v) is 11.5. The van der Waals surface area contributed by atoms with Crippen molar-refractivity contribution in [3.63, 3.8) is 0 Å². The summed E-state index contributed by atoms with van der Waals surface area (Å²) in [5.41, 5.74) is 12.5. The molecule has 0 radical (unpaired) electrons. The Hall–Kier alpha value is -2.83. The summed E-state index contributed by atoms with van der Waals surface area (Å²) in [6, 6.07) is 14.9. The number of nitrogens with zero attached hydrogens (tertiary/aromatic N) is 3. The zero-order chi connectivity index (χ0) is 23.8. The predicted octanol–water partition coefficient (Wildman–Crippen LogP) is 3.71. The van der Waals surface area contributed by atoms with Crippen LogP contribution in [0.3, 0.4) is 0 Å². The maximum Gasteiger partial charge on any atom is 0.302 e. The second-order valence-electron chi connectivity index (χ2n) is 6.61. The molecule has 0 aliphatic rings. The van der Waals surface area contributed by atoms with Crippen LogP contribution in [0.25, 0.3) is 0 Å². The maximum absolute atomic E-state index is 12.4. The largest absolute Gasteiger partial charge is 0.492 e. The van der Waals surface area contributed by atoms with Crippen LogP contribution >= 0.6 is 45.8 Å². The van der Waals surface area contributed by atoms with Gasteiger partial charge < -0.3 is 26.8 Å². The molecule has 1 amide bonds. The van der Waals surface area contributed by atoms with Crippen LogP contribution in [0.5, 0.6) is 5.75 Å². The van der Waals surface area contributed by atoms with E-state index in [9.17, 15) is 4.79 Å². The molecule has 3 aromatic rings. The molecule has 0 atom stereocenters. The van der Waals surface area contributed by atoms with Gasteiger partial charge in [-0.15, -0.1) is 0 Å². The second kappa shape index (κ2) is 11.9. The first-order valence-electron chi connectivity index (χ1n) is 9.64. The number of anilines is 2. The van der Waals surface area contributed by atoms with Crippen LogP contribution in [0.4, 0.5) is 11.6 Å². The molecule has 6 N–H and O–H groups in total. The van der Waals surface area contributed by atoms with Crippen LogP contribution in [0.2, 0.25) is 10.2 Å². The zero-order valence-corrected chi connectivity index (χ0v) is 20.9. The molecule has 0 spiro atoms. The Balaban J connectivity index is 1.54. The third kappa shape index (κ3) is 7.62. The highest BCUT2D eigenvalue weighted by Gasteiger charge is 2.17. The molecule has 0 aliphatic carbocycles. The summed E-state index contributed by atoms with van der Waals surface area (Å²) in [5, 5.41) is 6.44. The minimum absolute atomic E-state index is 0.00356. The Morgan fingerprint density at radius 3 is 2.48 bits per heavy atom. The number of aliphatic imine (C=N–C) groups is 1. The van der Waals surface area contributed by atoms with Crippen LogP contribution in [-0.2, 0) is 6.54 Å². The number of amides is 1. The number of ether oxygens (including phenoxy) is 1. The van der Waals surface area contributed by atoms with Gasteiger partial charge >= 0.3 is 5.91 Å². The van der Waals surface area contributed by atoms with Gasteiger partial charge in [-0.2, -0.15) is 4.99 Å². The number of carbonyl (C=O) groups excluding carboxylic acids is 1. The van der Waals surface area contributed by atoms with Crippen molar-refractivity contribution in [3.8, 4) is 5.75 Å². The predicted molar refractivity (Wildman–Crippen MR) is 139 cm³/mol. The van der Waals surface area contributed by atoms with E-state index in [2.05, 4.69) is 48.2 Å². The minimum Gasteiger partial charge on any atom is -0.492 e. The van der Waals surface area contributed by atoms with Crippen LogP contribution in [0.15, 0.2) is 53.5 Å². The maximum atomic E-state index is 12.4. The van der Waals surface area contributed by atoms with E-state index in [1.54, 1.807) is 24.3 Å². The van der Waals surface area contributed by atoms with E-state index in [4.69, 9.17) is 39.4 Å². The molecule has 12 heteroatoms. The summed E-state index contributed by atoms with van der Waals surface area (Å²) in [7, 11) is 0. The lowest BCUT2D eigenvalue weighted by Gasteiger charge is -2.10. The van der Waals surface area contributed by atoms with Crippen molar-refractivity contribution in [1.82, 2.24) is 15.3 Å². The first-order chi connectivity index (χ1) is 15.8. The molecular formula is C21H20Cl2IN7O2. The molecule has 0 unspecified atom stereocenters. The average molecular weight is 600 g/mol. The van der Waals surface area contributed by atoms with Crippen molar-refractivity contribution >= 4 is 69.3 Å². The standard InChI is InChI=1S/C21H20Cl2IN7O2/c22-13-3-7-15(8-4-13)33-10-9-27-21(26)31-20(32)16-18(25)30-19(17(23)29-16)28-11-12-1-5-14(24)6-2-12/h1-8H,9-11H2,(H3,25,28,30)(H3,26,27,31,32). The molecule has 1 heterocycles. The van der Waals surface area contributed by atoms with Gasteiger partial charge in [0.05, 0.1) is 6.54 Å². The number of aromatic nitrogens is 2.